The number of nitrogens with one attached hydrogen (secondary N) is 1. The maximum Gasteiger partial charge on any atom is 0.280 e. The Morgan fingerprint density at radius 3 is 2.78 bits per heavy atom. The van der Waals surface area contributed by atoms with E-state index >= 15 is 0 Å². The third-order valence-corrected chi connectivity index (χ3v) is 2.49. The topological polar surface area (TPSA) is 60.2 Å². The molecule has 0 fully saturated rings. The minimum absolute atomic E-state index is 0.306. The van der Waals surface area contributed by atoms with Gasteiger partial charge in [-0.05, 0) is 31.2 Å². The highest BCUT2D eigenvalue weighted by molar-refractivity contribution is 5.92. The third-order valence-electron chi connectivity index (χ3n) is 2.49. The minimum atomic E-state index is -2.63. The van der Waals surface area contributed by atoms with Crippen molar-refractivity contribution in [2.75, 3.05) is 12.0 Å². The summed E-state index contributed by atoms with van der Waals surface area (Å²) in [6.45, 7) is 2.39. The zero-order valence-corrected chi connectivity index (χ0v) is 9.78. The molecule has 1 aromatic heterocycles. The van der Waals surface area contributed by atoms with E-state index in [1.807, 2.05) is 6.92 Å². The Kier molecular flexibility index (Phi) is 3.57. The predicted molar refractivity (Wildman–Crippen MR) is 65.7 cm³/mol. The second-order valence-electron chi connectivity index (χ2n) is 3.65. The van der Waals surface area contributed by atoms with Gasteiger partial charge in [-0.1, -0.05) is 0 Å². The number of hydrazine groups is 1. The quantitative estimate of drug-likeness (QED) is 0.649. The fourth-order valence-corrected chi connectivity index (χ4v) is 1.71. The Bertz CT molecular complexity index is 560. The summed E-state index contributed by atoms with van der Waals surface area (Å²) in [4.78, 5) is 3.88. The molecule has 2 rings (SSSR count). The lowest BCUT2D eigenvalue weighted by Gasteiger charge is -2.10. The fourth-order valence-electron chi connectivity index (χ4n) is 1.71. The first-order valence-corrected chi connectivity index (χ1v) is 5.48. The molecule has 0 spiro atoms. The second-order valence-corrected chi connectivity index (χ2v) is 3.65. The van der Waals surface area contributed by atoms with Gasteiger partial charge in [0.25, 0.3) is 6.43 Å². The van der Waals surface area contributed by atoms with Crippen LogP contribution in [0.25, 0.3) is 10.9 Å². The van der Waals surface area contributed by atoms with Crippen molar-refractivity contribution in [3.05, 3.63) is 30.0 Å². The van der Waals surface area contributed by atoms with Crippen molar-refractivity contribution in [3.8, 4) is 5.75 Å². The van der Waals surface area contributed by atoms with E-state index < -0.39 is 6.43 Å². The van der Waals surface area contributed by atoms with Crippen LogP contribution >= 0.6 is 0 Å². The number of anilines is 1. The van der Waals surface area contributed by atoms with Crippen molar-refractivity contribution >= 4 is 16.6 Å². The molecule has 18 heavy (non-hydrogen) atoms. The number of nitrogens with zero attached hydrogens (tertiary/aromatic N) is 1. The van der Waals surface area contributed by atoms with Crippen molar-refractivity contribution in [2.45, 2.75) is 13.3 Å². The van der Waals surface area contributed by atoms with Crippen LogP contribution in [-0.4, -0.2) is 11.6 Å². The number of alkyl halides is 2. The van der Waals surface area contributed by atoms with E-state index in [0.29, 0.717) is 28.9 Å². The highest BCUT2D eigenvalue weighted by Gasteiger charge is 2.13. The first-order chi connectivity index (χ1) is 8.65. The lowest BCUT2D eigenvalue weighted by Crippen LogP contribution is -2.08. The number of fused-ring (bicyclic) bond motifs is 1. The van der Waals surface area contributed by atoms with Crippen molar-refractivity contribution in [3.63, 3.8) is 0 Å². The molecular formula is C12H13F2N3O. The summed E-state index contributed by atoms with van der Waals surface area (Å²) in [7, 11) is 0. The number of hydrogen-bond acceptors (Lipinski definition) is 4. The average molecular weight is 253 g/mol. The third kappa shape index (κ3) is 2.33. The fraction of sp³-hybridized carbons (Fsp3) is 0.250. The standard InChI is InChI=1S/C12H13F2N3O/c1-2-18-7-3-4-9-8(5-7)10(17-15)6-11(16-9)12(13)14/h3-6,12H,2,15H2,1H3,(H,16,17). The van der Waals surface area contributed by atoms with Crippen molar-refractivity contribution < 1.29 is 13.5 Å². The monoisotopic (exact) mass is 253 g/mol. The molecule has 2 aromatic rings. The first kappa shape index (κ1) is 12.5. The van der Waals surface area contributed by atoms with Crippen LogP contribution < -0.4 is 16.0 Å². The zero-order valence-electron chi connectivity index (χ0n) is 9.78. The van der Waals surface area contributed by atoms with Crippen LogP contribution in [-0.2, 0) is 0 Å². The Morgan fingerprint density at radius 2 is 2.17 bits per heavy atom. The van der Waals surface area contributed by atoms with Crippen molar-refractivity contribution in [1.82, 2.24) is 4.98 Å². The van der Waals surface area contributed by atoms with Gasteiger partial charge in [0.15, 0.2) is 0 Å². The van der Waals surface area contributed by atoms with E-state index in [9.17, 15) is 8.78 Å². The molecule has 0 amide bonds. The molecule has 96 valence electrons. The molecule has 0 saturated heterocycles. The summed E-state index contributed by atoms with van der Waals surface area (Å²) in [5, 5.41) is 0.646. The maximum atomic E-state index is 12.7. The van der Waals surface area contributed by atoms with Gasteiger partial charge in [-0.3, -0.25) is 5.84 Å². The molecule has 4 nitrogen and oxygen atoms in total. The molecule has 0 atom stereocenters. The highest BCUT2D eigenvalue weighted by Crippen LogP contribution is 2.29. The molecule has 0 aliphatic heterocycles. The van der Waals surface area contributed by atoms with Crippen LogP contribution in [0.5, 0.6) is 5.75 Å². The molecule has 1 heterocycles. The average Bonchev–Trinajstić information content (AvgIpc) is 2.37. The molecule has 0 unspecified atom stereocenters. The van der Waals surface area contributed by atoms with Gasteiger partial charge in [-0.2, -0.15) is 0 Å². The Morgan fingerprint density at radius 1 is 1.39 bits per heavy atom. The zero-order chi connectivity index (χ0) is 13.1. The van der Waals surface area contributed by atoms with Crippen LogP contribution in [0.2, 0.25) is 0 Å². The molecule has 3 N–H and O–H groups in total. The van der Waals surface area contributed by atoms with Gasteiger partial charge in [-0.25, -0.2) is 13.8 Å². The SMILES string of the molecule is CCOc1ccc2nc(C(F)F)cc(NN)c2c1. The summed E-state index contributed by atoms with van der Waals surface area (Å²) >= 11 is 0. The maximum absolute atomic E-state index is 12.7. The van der Waals surface area contributed by atoms with Crippen LogP contribution in [0.3, 0.4) is 0 Å². The number of pyridine rings is 1. The predicted octanol–water partition coefficient (Wildman–Crippen LogP) is 2.86. The molecular weight excluding hydrogens is 240 g/mol. The number of halogens is 2. The van der Waals surface area contributed by atoms with Crippen molar-refractivity contribution in [2.24, 2.45) is 5.84 Å². The molecule has 0 aliphatic carbocycles. The van der Waals surface area contributed by atoms with Gasteiger partial charge in [0.2, 0.25) is 0 Å². The molecule has 1 aromatic carbocycles. The second kappa shape index (κ2) is 5.14. The first-order valence-electron chi connectivity index (χ1n) is 5.48. The van der Waals surface area contributed by atoms with Crippen LogP contribution in [0.1, 0.15) is 19.0 Å². The number of rotatable bonds is 4. The van der Waals surface area contributed by atoms with Gasteiger partial charge in [-0.15, -0.1) is 0 Å². The Labute approximate surface area is 103 Å². The van der Waals surface area contributed by atoms with E-state index in [4.69, 9.17) is 10.6 Å². The summed E-state index contributed by atoms with van der Waals surface area (Å²) in [5.74, 6) is 5.99. The number of nitrogens with two attached hydrogens (primary N) is 1. The smallest absolute Gasteiger partial charge is 0.280 e. The Balaban J connectivity index is 2.60. The molecule has 0 bridgehead atoms. The van der Waals surface area contributed by atoms with Gasteiger partial charge in [0, 0.05) is 5.39 Å². The molecule has 0 radical (unpaired) electrons. The van der Waals surface area contributed by atoms with Crippen molar-refractivity contribution in [1.29, 1.82) is 0 Å². The summed E-state index contributed by atoms with van der Waals surface area (Å²) in [5.41, 5.74) is 2.95. The van der Waals surface area contributed by atoms with Gasteiger partial charge in [0.05, 0.1) is 17.8 Å². The molecule has 6 heteroatoms. The van der Waals surface area contributed by atoms with E-state index in [-0.39, 0.29) is 5.69 Å². The minimum Gasteiger partial charge on any atom is -0.494 e. The Hall–Kier alpha value is -1.95. The van der Waals surface area contributed by atoms with E-state index in [0.717, 1.165) is 0 Å². The lowest BCUT2D eigenvalue weighted by atomic mass is 10.1. The van der Waals surface area contributed by atoms with Gasteiger partial charge < -0.3 is 10.2 Å². The number of benzene rings is 1. The highest BCUT2D eigenvalue weighted by atomic mass is 19.3. The van der Waals surface area contributed by atoms with Crippen LogP contribution in [0, 0.1) is 0 Å². The van der Waals surface area contributed by atoms with Gasteiger partial charge >= 0.3 is 0 Å². The van der Waals surface area contributed by atoms with Crippen LogP contribution in [0.15, 0.2) is 24.3 Å². The lowest BCUT2D eigenvalue weighted by molar-refractivity contribution is 0.146. The largest absolute Gasteiger partial charge is 0.494 e. The van der Waals surface area contributed by atoms with E-state index in [2.05, 4.69) is 10.4 Å². The summed E-state index contributed by atoms with van der Waals surface area (Å²) in [6, 6.07) is 6.28. The van der Waals surface area contributed by atoms with E-state index in [1.54, 1.807) is 18.2 Å². The molecule has 0 saturated carbocycles. The number of aromatic nitrogens is 1. The normalized spacial score (nSPS) is 10.9. The number of hydrogen-bond donors (Lipinski definition) is 2. The van der Waals surface area contributed by atoms with Crippen LogP contribution in [0.4, 0.5) is 14.5 Å². The summed E-state index contributed by atoms with van der Waals surface area (Å²) < 4.78 is 30.7. The number of ether oxygens (including phenoxy) is 1. The van der Waals surface area contributed by atoms with E-state index in [1.165, 1.54) is 6.07 Å². The van der Waals surface area contributed by atoms with Gasteiger partial charge in [0.1, 0.15) is 11.4 Å². The number of nitrogen functional groups attached to an aromatic ring is 1. The molecule has 0 aliphatic rings. The summed E-state index contributed by atoms with van der Waals surface area (Å²) in [6.07, 6.45) is -2.63.